The van der Waals surface area contributed by atoms with E-state index < -0.39 is 17.3 Å². The minimum Gasteiger partial charge on any atom is -0.394 e. The quantitative estimate of drug-likeness (QED) is 0.847. The van der Waals surface area contributed by atoms with Crippen molar-refractivity contribution in [2.75, 3.05) is 13.2 Å². The Morgan fingerprint density at radius 2 is 1.92 bits per heavy atom. The Morgan fingerprint density at radius 3 is 2.44 bits per heavy atom. The maximum absolute atomic E-state index is 12.5. The lowest BCUT2D eigenvalue weighted by molar-refractivity contribution is -0.138. The van der Waals surface area contributed by atoms with Gasteiger partial charge in [0.05, 0.1) is 24.1 Å². The molecule has 0 radical (unpaired) electrons. The van der Waals surface area contributed by atoms with Crippen LogP contribution in [-0.4, -0.2) is 40.5 Å². The lowest BCUT2D eigenvalue weighted by Gasteiger charge is -2.36. The molecule has 0 bridgehead atoms. The Hall–Kier alpha value is -2.09. The second kappa shape index (κ2) is 7.43. The second-order valence-corrected chi connectivity index (χ2v) is 6.30. The van der Waals surface area contributed by atoms with Crippen LogP contribution in [0.25, 0.3) is 0 Å². The van der Waals surface area contributed by atoms with Gasteiger partial charge < -0.3 is 15.3 Å². The van der Waals surface area contributed by atoms with Gasteiger partial charge in [-0.2, -0.15) is 13.2 Å². The average Bonchev–Trinajstić information content (AvgIpc) is 2.97. The minimum absolute atomic E-state index is 0.0380. The number of rotatable bonds is 5. The molecule has 0 aliphatic carbocycles. The predicted octanol–water partition coefficient (Wildman–Crippen LogP) is 2.09. The van der Waals surface area contributed by atoms with Crippen molar-refractivity contribution >= 4 is 11.8 Å². The molecule has 0 aromatic heterocycles. The largest absolute Gasteiger partial charge is 0.416 e. The summed E-state index contributed by atoms with van der Waals surface area (Å²) in [5.41, 5.74) is -1.10. The van der Waals surface area contributed by atoms with E-state index in [4.69, 9.17) is 0 Å². The number of benzene rings is 1. The Labute approximate surface area is 143 Å². The molecule has 1 aliphatic heterocycles. The van der Waals surface area contributed by atoms with E-state index in [0.717, 1.165) is 12.1 Å². The first-order valence-electron chi connectivity index (χ1n) is 8.00. The van der Waals surface area contributed by atoms with Crippen molar-refractivity contribution in [1.29, 1.82) is 0 Å². The summed E-state index contributed by atoms with van der Waals surface area (Å²) in [6, 6.07) is 4.54. The van der Waals surface area contributed by atoms with Crippen LogP contribution < -0.4 is 5.32 Å². The highest BCUT2D eigenvalue weighted by Gasteiger charge is 2.43. The molecule has 0 saturated carbocycles. The fourth-order valence-electron chi connectivity index (χ4n) is 3.21. The molecule has 2 N–H and O–H groups in total. The van der Waals surface area contributed by atoms with Gasteiger partial charge in [0.25, 0.3) is 0 Å². The van der Waals surface area contributed by atoms with Crippen LogP contribution in [0.4, 0.5) is 13.2 Å². The van der Waals surface area contributed by atoms with Gasteiger partial charge in [-0.1, -0.05) is 12.1 Å². The third kappa shape index (κ3) is 4.50. The summed E-state index contributed by atoms with van der Waals surface area (Å²) in [7, 11) is 0. The highest BCUT2D eigenvalue weighted by Crippen LogP contribution is 2.32. The molecule has 138 valence electrons. The van der Waals surface area contributed by atoms with E-state index in [-0.39, 0.29) is 31.4 Å². The lowest BCUT2D eigenvalue weighted by atomic mass is 9.92. The van der Waals surface area contributed by atoms with Gasteiger partial charge in [-0.25, -0.2) is 0 Å². The number of likely N-dealkylation sites (tertiary alicyclic amines) is 1. The molecule has 5 nitrogen and oxygen atoms in total. The fraction of sp³-hybridized carbons (Fsp3) is 0.529. The molecule has 1 fully saturated rings. The molecule has 25 heavy (non-hydrogen) atoms. The van der Waals surface area contributed by atoms with Crippen molar-refractivity contribution < 1.29 is 27.9 Å². The molecule has 1 aromatic carbocycles. The number of hydrogen-bond acceptors (Lipinski definition) is 3. The van der Waals surface area contributed by atoms with Crippen molar-refractivity contribution in [1.82, 2.24) is 10.2 Å². The Kier molecular flexibility index (Phi) is 5.72. The van der Waals surface area contributed by atoms with Gasteiger partial charge in [-0.05, 0) is 30.5 Å². The van der Waals surface area contributed by atoms with Crippen molar-refractivity contribution in [2.24, 2.45) is 0 Å². The van der Waals surface area contributed by atoms with Crippen molar-refractivity contribution in [3.63, 3.8) is 0 Å². The molecule has 1 atom stereocenters. The second-order valence-electron chi connectivity index (χ2n) is 6.30. The Bertz CT molecular complexity index is 631. The van der Waals surface area contributed by atoms with E-state index >= 15 is 0 Å². The summed E-state index contributed by atoms with van der Waals surface area (Å²) in [4.78, 5) is 25.4. The van der Waals surface area contributed by atoms with Gasteiger partial charge >= 0.3 is 6.18 Å². The van der Waals surface area contributed by atoms with Crippen LogP contribution in [0.1, 0.15) is 37.3 Å². The maximum Gasteiger partial charge on any atom is 0.416 e. The van der Waals surface area contributed by atoms with Crippen LogP contribution >= 0.6 is 0 Å². The number of hydrogen-bond donors (Lipinski definition) is 2. The molecule has 1 saturated heterocycles. The first-order chi connectivity index (χ1) is 11.7. The molecular formula is C17H21F3N2O3. The van der Waals surface area contributed by atoms with Crippen LogP contribution in [0.2, 0.25) is 0 Å². The fourth-order valence-corrected chi connectivity index (χ4v) is 3.21. The van der Waals surface area contributed by atoms with Gasteiger partial charge in [-0.3, -0.25) is 9.59 Å². The monoisotopic (exact) mass is 358 g/mol. The van der Waals surface area contributed by atoms with Crippen molar-refractivity contribution in [3.8, 4) is 0 Å². The molecule has 1 aromatic rings. The normalized spacial score (nSPS) is 20.6. The zero-order valence-electron chi connectivity index (χ0n) is 13.9. The van der Waals surface area contributed by atoms with Crippen LogP contribution in [0.3, 0.4) is 0 Å². The number of halogens is 3. The van der Waals surface area contributed by atoms with Gasteiger partial charge in [0.1, 0.15) is 0 Å². The number of amides is 2. The highest BCUT2D eigenvalue weighted by molar-refractivity contribution is 5.80. The first-order valence-corrected chi connectivity index (χ1v) is 8.00. The Morgan fingerprint density at radius 1 is 1.28 bits per heavy atom. The van der Waals surface area contributed by atoms with Crippen molar-refractivity contribution in [3.05, 3.63) is 35.4 Å². The van der Waals surface area contributed by atoms with Crippen LogP contribution in [0.15, 0.2) is 24.3 Å². The molecule has 2 rings (SSSR count). The molecule has 1 heterocycles. The van der Waals surface area contributed by atoms with E-state index in [2.05, 4.69) is 5.32 Å². The summed E-state index contributed by atoms with van der Waals surface area (Å²) >= 11 is 0. The lowest BCUT2D eigenvalue weighted by Crippen LogP contribution is -2.51. The van der Waals surface area contributed by atoms with E-state index in [1.165, 1.54) is 24.0 Å². The zero-order chi connectivity index (χ0) is 18.7. The summed E-state index contributed by atoms with van der Waals surface area (Å²) in [5, 5.41) is 12.3. The number of nitrogens with zero attached hydrogens (tertiary/aromatic N) is 1. The third-order valence-electron chi connectivity index (χ3n) is 4.53. The SMILES string of the molecule is CC(=O)N1CCC[C@@]1(CO)CC(=O)NCc1ccc(C(F)(F)F)cc1. The van der Waals surface area contributed by atoms with E-state index in [9.17, 15) is 27.9 Å². The molecule has 1 aliphatic rings. The summed E-state index contributed by atoms with van der Waals surface area (Å²) in [6.07, 6.45) is -3.18. The van der Waals surface area contributed by atoms with Gasteiger partial charge in [-0.15, -0.1) is 0 Å². The van der Waals surface area contributed by atoms with E-state index in [0.29, 0.717) is 24.9 Å². The molecule has 2 amide bonds. The van der Waals surface area contributed by atoms with E-state index in [1.54, 1.807) is 0 Å². The molecule has 8 heteroatoms. The average molecular weight is 358 g/mol. The van der Waals surface area contributed by atoms with Crippen LogP contribution in [-0.2, 0) is 22.3 Å². The minimum atomic E-state index is -4.39. The van der Waals surface area contributed by atoms with Crippen LogP contribution in [0.5, 0.6) is 0 Å². The number of carbonyl (C=O) groups is 2. The maximum atomic E-state index is 12.5. The van der Waals surface area contributed by atoms with Crippen molar-refractivity contribution in [2.45, 2.75) is 44.4 Å². The Balaban J connectivity index is 1.95. The topological polar surface area (TPSA) is 69.6 Å². The number of aliphatic hydroxyl groups is 1. The van der Waals surface area contributed by atoms with Gasteiger partial charge in [0, 0.05) is 20.0 Å². The van der Waals surface area contributed by atoms with Gasteiger partial charge in [0.15, 0.2) is 0 Å². The predicted molar refractivity (Wildman–Crippen MR) is 84.3 cm³/mol. The summed E-state index contributed by atoms with van der Waals surface area (Å²) in [5.74, 6) is -0.552. The number of alkyl halides is 3. The number of nitrogens with one attached hydrogen (secondary N) is 1. The first kappa shape index (κ1) is 19.2. The smallest absolute Gasteiger partial charge is 0.394 e. The molecule has 0 unspecified atom stereocenters. The summed E-state index contributed by atoms with van der Waals surface area (Å²) < 4.78 is 37.6. The van der Waals surface area contributed by atoms with Crippen LogP contribution in [0, 0.1) is 0 Å². The summed E-state index contributed by atoms with van der Waals surface area (Å²) in [6.45, 7) is 1.68. The zero-order valence-corrected chi connectivity index (χ0v) is 13.9. The highest BCUT2D eigenvalue weighted by atomic mass is 19.4. The van der Waals surface area contributed by atoms with E-state index in [1.807, 2.05) is 0 Å². The third-order valence-corrected chi connectivity index (χ3v) is 4.53. The molecule has 0 spiro atoms. The standard InChI is InChI=1S/C17H21F3N2O3/c1-12(24)22-8-2-7-16(22,11-23)9-15(25)21-10-13-3-5-14(6-4-13)17(18,19)20/h3-6,23H,2,7-11H2,1H3,(H,21,25)/t16-/m0/s1. The number of aliphatic hydroxyl groups excluding tert-OH is 1. The number of carbonyl (C=O) groups excluding carboxylic acids is 2. The molecular weight excluding hydrogens is 337 g/mol. The van der Waals surface area contributed by atoms with Gasteiger partial charge in [0.2, 0.25) is 11.8 Å².